The molecule has 1 atom stereocenters. The number of thiazole rings is 1. The van der Waals surface area contributed by atoms with Gasteiger partial charge in [-0.05, 0) is 19.4 Å². The molecule has 1 saturated heterocycles. The SMILES string of the molecule is CC(C)(C)c1csc(CN2CCCC2C(N)=S)n1. The second-order valence-corrected chi connectivity index (χ2v) is 7.32. The van der Waals surface area contributed by atoms with Gasteiger partial charge in [-0.25, -0.2) is 4.98 Å². The van der Waals surface area contributed by atoms with Gasteiger partial charge in [-0.15, -0.1) is 11.3 Å². The third kappa shape index (κ3) is 3.08. The summed E-state index contributed by atoms with van der Waals surface area (Å²) in [6.07, 6.45) is 2.27. The van der Waals surface area contributed by atoms with Crippen LogP contribution in [0.1, 0.15) is 44.3 Å². The molecular weight excluding hydrogens is 262 g/mol. The molecule has 1 aliphatic heterocycles. The van der Waals surface area contributed by atoms with Crippen LogP contribution >= 0.6 is 23.6 Å². The minimum absolute atomic E-state index is 0.127. The highest BCUT2D eigenvalue weighted by molar-refractivity contribution is 7.80. The molecule has 0 amide bonds. The zero-order chi connectivity index (χ0) is 13.3. The zero-order valence-electron chi connectivity index (χ0n) is 11.3. The third-order valence-electron chi connectivity index (χ3n) is 3.35. The van der Waals surface area contributed by atoms with Gasteiger partial charge in [0.05, 0.1) is 23.3 Å². The van der Waals surface area contributed by atoms with Crippen LogP contribution in [0.15, 0.2) is 5.38 Å². The van der Waals surface area contributed by atoms with Gasteiger partial charge in [0.2, 0.25) is 0 Å². The molecule has 18 heavy (non-hydrogen) atoms. The first-order valence-corrected chi connectivity index (χ1v) is 7.65. The maximum Gasteiger partial charge on any atom is 0.107 e. The lowest BCUT2D eigenvalue weighted by atomic mass is 9.93. The molecule has 2 N–H and O–H groups in total. The van der Waals surface area contributed by atoms with Crippen LogP contribution in [0, 0.1) is 0 Å². The van der Waals surface area contributed by atoms with Crippen molar-refractivity contribution in [2.75, 3.05) is 6.54 Å². The van der Waals surface area contributed by atoms with Crippen LogP contribution in [0.2, 0.25) is 0 Å². The van der Waals surface area contributed by atoms with Crippen molar-refractivity contribution in [1.82, 2.24) is 9.88 Å². The molecule has 0 aromatic carbocycles. The number of aromatic nitrogens is 1. The molecule has 1 unspecified atom stereocenters. The van der Waals surface area contributed by atoms with E-state index in [-0.39, 0.29) is 11.5 Å². The predicted molar refractivity (Wildman–Crippen MR) is 81.0 cm³/mol. The minimum atomic E-state index is 0.127. The highest BCUT2D eigenvalue weighted by atomic mass is 32.1. The van der Waals surface area contributed by atoms with Crippen molar-refractivity contribution in [2.24, 2.45) is 5.73 Å². The van der Waals surface area contributed by atoms with Crippen molar-refractivity contribution in [1.29, 1.82) is 0 Å². The number of likely N-dealkylation sites (tertiary alicyclic amines) is 1. The lowest BCUT2D eigenvalue weighted by molar-refractivity contribution is 0.294. The lowest BCUT2D eigenvalue weighted by Gasteiger charge is -2.22. The summed E-state index contributed by atoms with van der Waals surface area (Å²) in [5.74, 6) is 0. The molecule has 1 aliphatic rings. The Hall–Kier alpha value is -0.520. The number of rotatable bonds is 3. The van der Waals surface area contributed by atoms with E-state index in [1.54, 1.807) is 11.3 Å². The molecular formula is C13H21N3S2. The number of hydrogen-bond donors (Lipinski definition) is 1. The van der Waals surface area contributed by atoms with E-state index in [9.17, 15) is 0 Å². The van der Waals surface area contributed by atoms with E-state index in [1.807, 2.05) is 0 Å². The van der Waals surface area contributed by atoms with E-state index >= 15 is 0 Å². The second kappa shape index (κ2) is 5.23. The van der Waals surface area contributed by atoms with Gasteiger partial charge in [0.1, 0.15) is 5.01 Å². The van der Waals surface area contributed by atoms with Crippen LogP contribution in [0.5, 0.6) is 0 Å². The highest BCUT2D eigenvalue weighted by Crippen LogP contribution is 2.26. The van der Waals surface area contributed by atoms with E-state index in [1.165, 1.54) is 17.1 Å². The summed E-state index contributed by atoms with van der Waals surface area (Å²) in [6, 6.07) is 0.266. The van der Waals surface area contributed by atoms with E-state index in [4.69, 9.17) is 22.9 Å². The van der Waals surface area contributed by atoms with Crippen molar-refractivity contribution in [3.63, 3.8) is 0 Å². The standard InChI is InChI=1S/C13H21N3S2/c1-13(2,3)10-8-18-11(15-10)7-16-6-4-5-9(16)12(14)17/h8-9H,4-7H2,1-3H3,(H2,14,17). The maximum absolute atomic E-state index is 5.79. The van der Waals surface area contributed by atoms with Crippen LogP contribution in [0.25, 0.3) is 0 Å². The molecule has 1 fully saturated rings. The monoisotopic (exact) mass is 283 g/mol. The Bertz CT molecular complexity index is 434. The molecule has 100 valence electrons. The number of nitrogens with two attached hydrogens (primary N) is 1. The molecule has 0 spiro atoms. The number of nitrogens with zero attached hydrogens (tertiary/aromatic N) is 2. The second-order valence-electron chi connectivity index (χ2n) is 5.91. The average Bonchev–Trinajstić information content (AvgIpc) is 2.85. The quantitative estimate of drug-likeness (QED) is 0.866. The van der Waals surface area contributed by atoms with E-state index in [2.05, 4.69) is 31.1 Å². The van der Waals surface area contributed by atoms with Crippen LogP contribution < -0.4 is 5.73 Å². The molecule has 0 saturated carbocycles. The summed E-state index contributed by atoms with van der Waals surface area (Å²) in [7, 11) is 0. The van der Waals surface area contributed by atoms with Gasteiger partial charge in [-0.3, -0.25) is 4.90 Å². The summed E-state index contributed by atoms with van der Waals surface area (Å²) in [5, 5.41) is 3.34. The summed E-state index contributed by atoms with van der Waals surface area (Å²) < 4.78 is 0. The fraction of sp³-hybridized carbons (Fsp3) is 0.692. The van der Waals surface area contributed by atoms with E-state index < -0.39 is 0 Å². The van der Waals surface area contributed by atoms with Gasteiger partial charge in [0.25, 0.3) is 0 Å². The van der Waals surface area contributed by atoms with Crippen molar-refractivity contribution in [3.05, 3.63) is 16.1 Å². The molecule has 0 aliphatic carbocycles. The molecule has 5 heteroatoms. The van der Waals surface area contributed by atoms with Crippen molar-refractivity contribution < 1.29 is 0 Å². The molecule has 3 nitrogen and oxygen atoms in total. The smallest absolute Gasteiger partial charge is 0.107 e. The Kier molecular flexibility index (Phi) is 4.04. The number of hydrogen-bond acceptors (Lipinski definition) is 4. The normalized spacial score (nSPS) is 21.4. The van der Waals surface area contributed by atoms with Crippen molar-refractivity contribution in [2.45, 2.75) is 51.6 Å². The molecule has 0 bridgehead atoms. The van der Waals surface area contributed by atoms with Crippen LogP contribution in [-0.2, 0) is 12.0 Å². The largest absolute Gasteiger partial charge is 0.392 e. The van der Waals surface area contributed by atoms with E-state index in [0.29, 0.717) is 4.99 Å². The van der Waals surface area contributed by atoms with Crippen molar-refractivity contribution >= 4 is 28.5 Å². The average molecular weight is 283 g/mol. The Labute approximate surface area is 118 Å². The predicted octanol–water partition coefficient (Wildman–Crippen LogP) is 2.69. The van der Waals surface area contributed by atoms with Crippen LogP contribution in [0.3, 0.4) is 0 Å². The lowest BCUT2D eigenvalue weighted by Crippen LogP contribution is -2.38. The van der Waals surface area contributed by atoms with Gasteiger partial charge in [0.15, 0.2) is 0 Å². The Morgan fingerprint density at radius 2 is 2.33 bits per heavy atom. The molecule has 1 aromatic rings. The molecule has 0 radical (unpaired) electrons. The third-order valence-corrected chi connectivity index (χ3v) is 4.46. The zero-order valence-corrected chi connectivity index (χ0v) is 12.9. The minimum Gasteiger partial charge on any atom is -0.392 e. The molecule has 2 heterocycles. The van der Waals surface area contributed by atoms with Gasteiger partial charge < -0.3 is 5.73 Å². The van der Waals surface area contributed by atoms with Crippen molar-refractivity contribution in [3.8, 4) is 0 Å². The van der Waals surface area contributed by atoms with Gasteiger partial charge >= 0.3 is 0 Å². The Morgan fingerprint density at radius 1 is 1.61 bits per heavy atom. The molecule has 1 aromatic heterocycles. The first kappa shape index (κ1) is 13.9. The highest BCUT2D eigenvalue weighted by Gasteiger charge is 2.27. The van der Waals surface area contributed by atoms with Gasteiger partial charge in [-0.1, -0.05) is 33.0 Å². The summed E-state index contributed by atoms with van der Waals surface area (Å²) in [4.78, 5) is 7.71. The van der Waals surface area contributed by atoms with Crippen LogP contribution in [0.4, 0.5) is 0 Å². The first-order valence-electron chi connectivity index (χ1n) is 6.36. The van der Waals surface area contributed by atoms with Gasteiger partial charge in [0, 0.05) is 10.8 Å². The van der Waals surface area contributed by atoms with E-state index in [0.717, 1.165) is 19.5 Å². The summed E-state index contributed by atoms with van der Waals surface area (Å²) in [6.45, 7) is 8.54. The maximum atomic E-state index is 5.79. The fourth-order valence-electron chi connectivity index (χ4n) is 2.24. The van der Waals surface area contributed by atoms with Crippen LogP contribution in [-0.4, -0.2) is 27.5 Å². The number of thiocarbonyl (C=S) groups is 1. The van der Waals surface area contributed by atoms with Gasteiger partial charge in [-0.2, -0.15) is 0 Å². The summed E-state index contributed by atoms with van der Waals surface area (Å²) >= 11 is 6.87. The summed E-state index contributed by atoms with van der Waals surface area (Å²) in [5.41, 5.74) is 7.09. The first-order chi connectivity index (χ1) is 8.38. The fourth-order valence-corrected chi connectivity index (χ4v) is 3.55. The Morgan fingerprint density at radius 3 is 2.89 bits per heavy atom. The Balaban J connectivity index is 2.05. The topological polar surface area (TPSA) is 42.1 Å². The molecule has 2 rings (SSSR count).